The van der Waals surface area contributed by atoms with Gasteiger partial charge in [-0.15, -0.1) is 0 Å². The maximum atomic E-state index is 12.7. The Kier molecular flexibility index (Phi) is 5.86. The molecule has 0 bridgehead atoms. The van der Waals surface area contributed by atoms with Gasteiger partial charge in [0.2, 0.25) is 15.9 Å². The highest BCUT2D eigenvalue weighted by Gasteiger charge is 2.37. The highest BCUT2D eigenvalue weighted by molar-refractivity contribution is 7.90. The molecule has 1 amide bonds. The molecule has 148 valence electrons. The molecule has 1 aliphatic carbocycles. The number of carboxylic acids is 1. The summed E-state index contributed by atoms with van der Waals surface area (Å²) < 4.78 is 27.5. The fourth-order valence-electron chi connectivity index (χ4n) is 4.02. The van der Waals surface area contributed by atoms with Gasteiger partial charge < -0.3 is 10.0 Å². The van der Waals surface area contributed by atoms with Gasteiger partial charge in [0, 0.05) is 12.6 Å². The molecule has 1 saturated carbocycles. The van der Waals surface area contributed by atoms with Crippen LogP contribution in [0.4, 0.5) is 0 Å². The number of rotatable bonds is 5. The van der Waals surface area contributed by atoms with Crippen LogP contribution in [0.15, 0.2) is 24.3 Å². The summed E-state index contributed by atoms with van der Waals surface area (Å²) >= 11 is 0. The second kappa shape index (κ2) is 7.98. The van der Waals surface area contributed by atoms with Crippen molar-refractivity contribution in [2.45, 2.75) is 51.1 Å². The predicted octanol–water partition coefficient (Wildman–Crippen LogP) is 1.70. The van der Waals surface area contributed by atoms with E-state index in [0.717, 1.165) is 31.2 Å². The van der Waals surface area contributed by atoms with Crippen molar-refractivity contribution < 1.29 is 23.1 Å². The van der Waals surface area contributed by atoms with Crippen molar-refractivity contribution in [2.24, 2.45) is 5.92 Å². The number of carboxylic acid groups (broad SMARTS) is 1. The second-order valence-corrected chi connectivity index (χ2v) is 9.36. The van der Waals surface area contributed by atoms with Crippen molar-refractivity contribution in [3.8, 4) is 0 Å². The van der Waals surface area contributed by atoms with Gasteiger partial charge in [0.15, 0.2) is 6.04 Å². The number of nitrogens with one attached hydrogen (secondary N) is 1. The van der Waals surface area contributed by atoms with Gasteiger partial charge in [-0.3, -0.25) is 4.79 Å². The van der Waals surface area contributed by atoms with Gasteiger partial charge in [0.05, 0.1) is 0 Å². The molecule has 1 heterocycles. The summed E-state index contributed by atoms with van der Waals surface area (Å²) in [6.07, 6.45) is 3.97. The summed E-state index contributed by atoms with van der Waals surface area (Å²) in [5.74, 6) is -1.95. The molecule has 1 unspecified atom stereocenters. The average Bonchev–Trinajstić information content (AvgIpc) is 2.61. The molecule has 2 N–H and O–H groups in total. The van der Waals surface area contributed by atoms with Crippen LogP contribution < -0.4 is 4.72 Å². The number of nitrogens with zero attached hydrogens (tertiary/aromatic N) is 1. The lowest BCUT2D eigenvalue weighted by molar-refractivity contribution is -0.150. The monoisotopic (exact) mass is 394 g/mol. The molecule has 1 fully saturated rings. The summed E-state index contributed by atoms with van der Waals surface area (Å²) in [4.78, 5) is 25.6. The first-order chi connectivity index (χ1) is 12.8. The fraction of sp³-hybridized carbons (Fsp3) is 0.579. The van der Waals surface area contributed by atoms with Crippen molar-refractivity contribution in [1.82, 2.24) is 9.62 Å². The average molecular weight is 394 g/mol. The predicted molar refractivity (Wildman–Crippen MR) is 101 cm³/mol. The Balaban J connectivity index is 1.70. The molecule has 2 aliphatic rings. The normalized spacial score (nSPS) is 25.7. The Morgan fingerprint density at radius 1 is 1.19 bits per heavy atom. The number of carbonyl (C=O) groups excluding carboxylic acids is 1. The van der Waals surface area contributed by atoms with Gasteiger partial charge in [0.25, 0.3) is 0 Å². The van der Waals surface area contributed by atoms with E-state index >= 15 is 0 Å². The summed E-state index contributed by atoms with van der Waals surface area (Å²) in [5, 5.41) is 9.63. The minimum Gasteiger partial charge on any atom is -0.479 e. The van der Waals surface area contributed by atoms with Gasteiger partial charge in [-0.05, 0) is 49.1 Å². The van der Waals surface area contributed by atoms with Crippen LogP contribution >= 0.6 is 0 Å². The van der Waals surface area contributed by atoms with Crippen molar-refractivity contribution in [3.05, 3.63) is 35.4 Å². The standard InChI is InChI=1S/C19H26N2O5S/c1-13-6-8-15(9-7-13)20-27(25,26)12-17(22)21-11-10-14-4-2-3-5-16(14)18(21)19(23)24/h2-5,13,15,18,20H,6-12H2,1H3,(H,23,24). The molecular weight excluding hydrogens is 368 g/mol. The quantitative estimate of drug-likeness (QED) is 0.791. The molecule has 27 heavy (non-hydrogen) atoms. The molecule has 1 aromatic rings. The highest BCUT2D eigenvalue weighted by atomic mass is 32.2. The molecule has 0 spiro atoms. The first-order valence-electron chi connectivity index (χ1n) is 9.37. The number of amides is 1. The maximum absolute atomic E-state index is 12.7. The van der Waals surface area contributed by atoms with E-state index in [4.69, 9.17) is 0 Å². The van der Waals surface area contributed by atoms with Crippen molar-refractivity contribution in [1.29, 1.82) is 0 Å². The Hall–Kier alpha value is -1.93. The van der Waals surface area contributed by atoms with E-state index in [1.807, 2.05) is 12.1 Å². The lowest BCUT2D eigenvalue weighted by Gasteiger charge is -2.35. The van der Waals surface area contributed by atoms with Crippen LogP contribution in [0.2, 0.25) is 0 Å². The highest BCUT2D eigenvalue weighted by Crippen LogP contribution is 2.30. The third kappa shape index (κ3) is 4.68. The molecule has 0 aromatic heterocycles. The topological polar surface area (TPSA) is 104 Å². The number of fused-ring (bicyclic) bond motifs is 1. The number of sulfonamides is 1. The van der Waals surface area contributed by atoms with Crippen LogP contribution in [0.5, 0.6) is 0 Å². The summed E-state index contributed by atoms with van der Waals surface area (Å²) in [7, 11) is -3.81. The molecule has 1 aromatic carbocycles. The number of hydrogen-bond donors (Lipinski definition) is 2. The molecule has 0 saturated heterocycles. The lowest BCUT2D eigenvalue weighted by Crippen LogP contribution is -2.48. The first kappa shape index (κ1) is 19.8. The minimum absolute atomic E-state index is 0.142. The Morgan fingerprint density at radius 2 is 1.85 bits per heavy atom. The van der Waals surface area contributed by atoms with Gasteiger partial charge in [-0.25, -0.2) is 17.9 Å². The van der Waals surface area contributed by atoms with Gasteiger partial charge in [-0.2, -0.15) is 0 Å². The summed E-state index contributed by atoms with van der Waals surface area (Å²) in [6.45, 7) is 2.34. The SMILES string of the molecule is CC1CCC(NS(=O)(=O)CC(=O)N2CCc3ccccc3C2C(=O)O)CC1. The molecule has 8 heteroatoms. The van der Waals surface area contributed by atoms with Crippen molar-refractivity contribution >= 4 is 21.9 Å². The lowest BCUT2D eigenvalue weighted by atomic mass is 9.88. The molecular formula is C19H26N2O5S. The molecule has 1 atom stereocenters. The molecule has 3 rings (SSSR count). The zero-order chi connectivity index (χ0) is 19.6. The van der Waals surface area contributed by atoms with Gasteiger partial charge in [0.1, 0.15) is 5.75 Å². The van der Waals surface area contributed by atoms with E-state index in [2.05, 4.69) is 11.6 Å². The Labute approximate surface area is 159 Å². The third-order valence-electron chi connectivity index (χ3n) is 5.51. The first-order valence-corrected chi connectivity index (χ1v) is 11.0. The van der Waals surface area contributed by atoms with Gasteiger partial charge in [-0.1, -0.05) is 31.2 Å². The zero-order valence-corrected chi connectivity index (χ0v) is 16.2. The van der Waals surface area contributed by atoms with Crippen LogP contribution in [0.3, 0.4) is 0 Å². The maximum Gasteiger partial charge on any atom is 0.331 e. The Bertz CT molecular complexity index is 815. The summed E-state index contributed by atoms with van der Waals surface area (Å²) in [6, 6.07) is 5.79. The van der Waals surface area contributed by atoms with E-state index in [-0.39, 0.29) is 12.6 Å². The zero-order valence-electron chi connectivity index (χ0n) is 15.4. The number of hydrogen-bond acceptors (Lipinski definition) is 4. The van der Waals surface area contributed by atoms with E-state index < -0.39 is 33.7 Å². The molecule has 0 radical (unpaired) electrons. The molecule has 7 nitrogen and oxygen atoms in total. The van der Waals surface area contributed by atoms with E-state index in [1.54, 1.807) is 12.1 Å². The van der Waals surface area contributed by atoms with E-state index in [0.29, 0.717) is 17.9 Å². The number of benzene rings is 1. The fourth-order valence-corrected chi connectivity index (χ4v) is 5.34. The second-order valence-electron chi connectivity index (χ2n) is 7.61. The molecule has 1 aliphatic heterocycles. The number of carbonyl (C=O) groups is 2. The van der Waals surface area contributed by atoms with Crippen LogP contribution in [-0.4, -0.2) is 48.6 Å². The number of aliphatic carboxylic acids is 1. The van der Waals surface area contributed by atoms with Crippen molar-refractivity contribution in [3.63, 3.8) is 0 Å². The third-order valence-corrected chi connectivity index (χ3v) is 6.83. The smallest absolute Gasteiger partial charge is 0.331 e. The van der Waals surface area contributed by atoms with E-state index in [9.17, 15) is 23.1 Å². The van der Waals surface area contributed by atoms with E-state index in [1.165, 1.54) is 4.90 Å². The van der Waals surface area contributed by atoms with Crippen LogP contribution in [0, 0.1) is 5.92 Å². The minimum atomic E-state index is -3.81. The van der Waals surface area contributed by atoms with Crippen molar-refractivity contribution in [2.75, 3.05) is 12.3 Å². The van der Waals surface area contributed by atoms with Gasteiger partial charge >= 0.3 is 5.97 Å². The van der Waals surface area contributed by atoms with Crippen LogP contribution in [0.1, 0.15) is 49.8 Å². The van der Waals surface area contributed by atoms with Crippen LogP contribution in [0.25, 0.3) is 0 Å². The Morgan fingerprint density at radius 3 is 2.52 bits per heavy atom. The van der Waals surface area contributed by atoms with Crippen LogP contribution in [-0.2, 0) is 26.0 Å². The largest absolute Gasteiger partial charge is 0.479 e. The summed E-state index contributed by atoms with van der Waals surface area (Å²) in [5.41, 5.74) is 1.43.